The highest BCUT2D eigenvalue weighted by atomic mass is 16.5. The Morgan fingerprint density at radius 1 is 1.20 bits per heavy atom. The standard InChI is InChI=1S/C18H20N4O3/c1-5-14-11(2)19-18-20-12(3)21(22(18)16(14)23)10-13-8-6-7-9-15(13)17(24)25-4/h6-9H,5,10H2,1-4H3. The summed E-state index contributed by atoms with van der Waals surface area (Å²) < 4.78 is 8.07. The molecule has 7 heteroatoms. The van der Waals surface area contributed by atoms with Crippen LogP contribution in [0.4, 0.5) is 0 Å². The highest BCUT2D eigenvalue weighted by Gasteiger charge is 2.17. The van der Waals surface area contributed by atoms with E-state index in [-0.39, 0.29) is 5.56 Å². The van der Waals surface area contributed by atoms with Crippen molar-refractivity contribution in [3.05, 3.63) is 62.8 Å². The van der Waals surface area contributed by atoms with Crippen LogP contribution in [0.15, 0.2) is 29.1 Å². The zero-order chi connectivity index (χ0) is 18.1. The molecule has 0 radical (unpaired) electrons. The first-order chi connectivity index (χ1) is 12.0. The van der Waals surface area contributed by atoms with Gasteiger partial charge in [0.05, 0.1) is 24.9 Å². The van der Waals surface area contributed by atoms with Crippen molar-refractivity contribution >= 4 is 11.7 Å². The van der Waals surface area contributed by atoms with Crippen LogP contribution in [0.25, 0.3) is 5.78 Å². The van der Waals surface area contributed by atoms with Crippen LogP contribution in [-0.2, 0) is 17.7 Å². The fraction of sp³-hybridized carbons (Fsp3) is 0.333. The Balaban J connectivity index is 2.20. The van der Waals surface area contributed by atoms with Gasteiger partial charge >= 0.3 is 5.97 Å². The molecule has 1 aromatic carbocycles. The first-order valence-electron chi connectivity index (χ1n) is 8.09. The van der Waals surface area contributed by atoms with Gasteiger partial charge in [0, 0.05) is 5.56 Å². The number of fused-ring (bicyclic) bond motifs is 1. The van der Waals surface area contributed by atoms with Crippen molar-refractivity contribution in [2.75, 3.05) is 7.11 Å². The smallest absolute Gasteiger partial charge is 0.338 e. The molecule has 0 fully saturated rings. The number of rotatable bonds is 4. The number of aromatic nitrogens is 4. The summed E-state index contributed by atoms with van der Waals surface area (Å²) in [6.45, 7) is 5.89. The van der Waals surface area contributed by atoms with Gasteiger partial charge in [-0.25, -0.2) is 9.78 Å². The van der Waals surface area contributed by atoms with E-state index in [1.807, 2.05) is 32.9 Å². The quantitative estimate of drug-likeness (QED) is 0.678. The molecule has 0 unspecified atom stereocenters. The SMILES string of the molecule is CCc1c(C)nc2nc(C)n(Cc3ccccc3C(=O)OC)n2c1=O. The summed E-state index contributed by atoms with van der Waals surface area (Å²) in [7, 11) is 1.35. The van der Waals surface area contributed by atoms with Gasteiger partial charge in [-0.3, -0.25) is 9.48 Å². The van der Waals surface area contributed by atoms with Crippen LogP contribution >= 0.6 is 0 Å². The molecule has 0 aliphatic carbocycles. The van der Waals surface area contributed by atoms with Crippen LogP contribution in [0, 0.1) is 13.8 Å². The molecule has 0 atom stereocenters. The number of aryl methyl sites for hydroxylation is 2. The lowest BCUT2D eigenvalue weighted by Gasteiger charge is -2.12. The number of hydrogen-bond acceptors (Lipinski definition) is 5. The Bertz CT molecular complexity index is 1020. The molecule has 0 aliphatic rings. The van der Waals surface area contributed by atoms with Gasteiger partial charge in [-0.15, -0.1) is 0 Å². The number of nitrogens with zero attached hydrogens (tertiary/aromatic N) is 4. The Labute approximate surface area is 144 Å². The summed E-state index contributed by atoms with van der Waals surface area (Å²) >= 11 is 0. The zero-order valence-corrected chi connectivity index (χ0v) is 14.7. The number of methoxy groups -OCH3 is 1. The zero-order valence-electron chi connectivity index (χ0n) is 14.7. The Morgan fingerprint density at radius 3 is 2.60 bits per heavy atom. The third-order valence-corrected chi connectivity index (χ3v) is 4.32. The third-order valence-electron chi connectivity index (χ3n) is 4.32. The van der Waals surface area contributed by atoms with Gasteiger partial charge in [0.15, 0.2) is 0 Å². The minimum atomic E-state index is -0.409. The highest BCUT2D eigenvalue weighted by Crippen LogP contribution is 2.14. The molecule has 0 amide bonds. The van der Waals surface area contributed by atoms with E-state index >= 15 is 0 Å². The van der Waals surface area contributed by atoms with E-state index in [0.29, 0.717) is 41.4 Å². The highest BCUT2D eigenvalue weighted by molar-refractivity contribution is 5.90. The fourth-order valence-corrected chi connectivity index (χ4v) is 3.00. The maximum Gasteiger partial charge on any atom is 0.338 e. The lowest BCUT2D eigenvalue weighted by atomic mass is 10.1. The summed E-state index contributed by atoms with van der Waals surface area (Å²) in [6.07, 6.45) is 0.601. The summed E-state index contributed by atoms with van der Waals surface area (Å²) in [5.41, 5.74) is 2.46. The fourth-order valence-electron chi connectivity index (χ4n) is 3.00. The van der Waals surface area contributed by atoms with Crippen molar-refractivity contribution in [3.8, 4) is 0 Å². The molecule has 3 rings (SSSR count). The lowest BCUT2D eigenvalue weighted by Crippen LogP contribution is -2.27. The number of benzene rings is 1. The first kappa shape index (κ1) is 16.9. The molecular weight excluding hydrogens is 320 g/mol. The van der Waals surface area contributed by atoms with E-state index in [1.165, 1.54) is 11.6 Å². The second-order valence-electron chi connectivity index (χ2n) is 5.81. The number of ether oxygens (including phenoxy) is 1. The number of carbonyl (C=O) groups is 1. The van der Waals surface area contributed by atoms with E-state index in [0.717, 1.165) is 5.56 Å². The number of esters is 1. The first-order valence-corrected chi connectivity index (χ1v) is 8.09. The minimum absolute atomic E-state index is 0.124. The van der Waals surface area contributed by atoms with Crippen molar-refractivity contribution in [3.63, 3.8) is 0 Å². The largest absolute Gasteiger partial charge is 0.465 e. The number of carbonyl (C=O) groups excluding carboxylic acids is 1. The van der Waals surface area contributed by atoms with E-state index in [2.05, 4.69) is 9.97 Å². The van der Waals surface area contributed by atoms with Crippen molar-refractivity contribution in [2.45, 2.75) is 33.7 Å². The molecule has 0 aliphatic heterocycles. The van der Waals surface area contributed by atoms with E-state index in [9.17, 15) is 9.59 Å². The topological polar surface area (TPSA) is 78.5 Å². The summed E-state index contributed by atoms with van der Waals surface area (Å²) in [5, 5.41) is 0. The molecule has 3 aromatic rings. The predicted molar refractivity (Wildman–Crippen MR) is 93.0 cm³/mol. The van der Waals surface area contributed by atoms with Crippen molar-refractivity contribution in [1.29, 1.82) is 0 Å². The maximum absolute atomic E-state index is 12.9. The Hall–Kier alpha value is -2.96. The van der Waals surface area contributed by atoms with Crippen LogP contribution in [0.3, 0.4) is 0 Å². The van der Waals surface area contributed by atoms with Gasteiger partial charge in [0.1, 0.15) is 5.82 Å². The normalized spacial score (nSPS) is 11.0. The molecule has 0 spiro atoms. The average molecular weight is 340 g/mol. The molecular formula is C18H20N4O3. The molecule has 2 aromatic heterocycles. The Kier molecular flexibility index (Phi) is 4.39. The van der Waals surface area contributed by atoms with Gasteiger partial charge in [0.25, 0.3) is 11.3 Å². The second kappa shape index (κ2) is 6.51. The molecule has 0 saturated heterocycles. The summed E-state index contributed by atoms with van der Waals surface area (Å²) in [4.78, 5) is 33.7. The van der Waals surface area contributed by atoms with Crippen molar-refractivity contribution < 1.29 is 9.53 Å². The van der Waals surface area contributed by atoms with Crippen LogP contribution in [-0.4, -0.2) is 32.2 Å². The average Bonchev–Trinajstić information content (AvgIpc) is 2.90. The van der Waals surface area contributed by atoms with E-state index in [1.54, 1.807) is 16.8 Å². The lowest BCUT2D eigenvalue weighted by molar-refractivity contribution is 0.0599. The Morgan fingerprint density at radius 2 is 1.92 bits per heavy atom. The number of hydrogen-bond donors (Lipinski definition) is 0. The van der Waals surface area contributed by atoms with Gasteiger partial charge in [0.2, 0.25) is 0 Å². The van der Waals surface area contributed by atoms with Crippen LogP contribution in [0.2, 0.25) is 0 Å². The second-order valence-corrected chi connectivity index (χ2v) is 5.81. The monoisotopic (exact) mass is 340 g/mol. The molecule has 0 N–H and O–H groups in total. The molecule has 0 bridgehead atoms. The summed E-state index contributed by atoms with van der Waals surface area (Å²) in [5.74, 6) is 0.609. The molecule has 0 saturated carbocycles. The van der Waals surface area contributed by atoms with E-state index in [4.69, 9.17) is 4.74 Å². The van der Waals surface area contributed by atoms with Gasteiger partial charge in [-0.05, 0) is 31.9 Å². The van der Waals surface area contributed by atoms with Gasteiger partial charge in [-0.1, -0.05) is 25.1 Å². The van der Waals surface area contributed by atoms with Crippen LogP contribution in [0.5, 0.6) is 0 Å². The molecule has 2 heterocycles. The van der Waals surface area contributed by atoms with E-state index < -0.39 is 5.97 Å². The van der Waals surface area contributed by atoms with Crippen molar-refractivity contribution in [1.82, 2.24) is 19.2 Å². The maximum atomic E-state index is 12.9. The van der Waals surface area contributed by atoms with Crippen molar-refractivity contribution in [2.24, 2.45) is 0 Å². The van der Waals surface area contributed by atoms with Crippen LogP contribution < -0.4 is 5.56 Å². The van der Waals surface area contributed by atoms with Gasteiger partial charge < -0.3 is 4.74 Å². The van der Waals surface area contributed by atoms with Crippen LogP contribution in [0.1, 0.15) is 39.9 Å². The molecule has 130 valence electrons. The minimum Gasteiger partial charge on any atom is -0.465 e. The molecule has 7 nitrogen and oxygen atoms in total. The summed E-state index contributed by atoms with van der Waals surface area (Å²) in [6, 6.07) is 7.17. The molecule has 25 heavy (non-hydrogen) atoms. The third kappa shape index (κ3) is 2.82. The van der Waals surface area contributed by atoms with Gasteiger partial charge in [-0.2, -0.15) is 9.50 Å². The predicted octanol–water partition coefficient (Wildman–Crippen LogP) is 1.91.